The van der Waals surface area contributed by atoms with E-state index < -0.39 is 0 Å². The van der Waals surface area contributed by atoms with Crippen LogP contribution >= 0.6 is 11.3 Å². The highest BCUT2D eigenvalue weighted by Crippen LogP contribution is 2.24. The molecule has 3 nitrogen and oxygen atoms in total. The first-order valence-corrected chi connectivity index (χ1v) is 5.98. The van der Waals surface area contributed by atoms with Gasteiger partial charge in [0.2, 0.25) is 4.96 Å². The van der Waals surface area contributed by atoms with Crippen molar-refractivity contribution in [2.75, 3.05) is 0 Å². The summed E-state index contributed by atoms with van der Waals surface area (Å²) in [6, 6.07) is 6.42. The number of aryl methyl sites for hydroxylation is 2. The van der Waals surface area contributed by atoms with Crippen LogP contribution in [0.15, 0.2) is 29.9 Å². The number of rotatable bonds is 1. The molecule has 4 heteroatoms. The van der Waals surface area contributed by atoms with E-state index >= 15 is 0 Å². The molecule has 0 unspecified atom stereocenters. The molecule has 0 N–H and O–H groups in total. The second kappa shape index (κ2) is 3.42. The topological polar surface area (TPSA) is 30.2 Å². The lowest BCUT2D eigenvalue weighted by Gasteiger charge is -2.03. The predicted octanol–water partition coefficient (Wildman–Crippen LogP) is 3.07. The van der Waals surface area contributed by atoms with Crippen molar-refractivity contribution in [3.8, 4) is 11.3 Å². The zero-order valence-electron chi connectivity index (χ0n) is 9.14. The molecule has 1 aromatic carbocycles. The van der Waals surface area contributed by atoms with Crippen LogP contribution < -0.4 is 0 Å². The van der Waals surface area contributed by atoms with E-state index in [2.05, 4.69) is 42.1 Å². The fraction of sp³-hybridized carbons (Fsp3) is 0.167. The van der Waals surface area contributed by atoms with Gasteiger partial charge >= 0.3 is 0 Å². The van der Waals surface area contributed by atoms with Crippen molar-refractivity contribution in [3.05, 3.63) is 41.0 Å². The van der Waals surface area contributed by atoms with Crippen LogP contribution in [0.1, 0.15) is 11.1 Å². The molecule has 0 saturated carbocycles. The average Bonchev–Trinajstić information content (AvgIpc) is 2.81. The van der Waals surface area contributed by atoms with Crippen molar-refractivity contribution in [1.29, 1.82) is 0 Å². The number of imidazole rings is 1. The molecular weight excluding hydrogens is 218 g/mol. The Labute approximate surface area is 97.4 Å². The second-order valence-electron chi connectivity index (χ2n) is 3.91. The molecule has 0 fully saturated rings. The van der Waals surface area contributed by atoms with E-state index in [0.717, 1.165) is 10.7 Å². The molecule has 0 saturated heterocycles. The number of hydrogen-bond donors (Lipinski definition) is 0. The minimum Gasteiger partial charge on any atom is -0.217 e. The van der Waals surface area contributed by atoms with Gasteiger partial charge in [-0.15, -0.1) is 0 Å². The molecule has 0 aliphatic rings. The fourth-order valence-corrected chi connectivity index (χ4v) is 2.38. The highest BCUT2D eigenvalue weighted by atomic mass is 32.1. The summed E-state index contributed by atoms with van der Waals surface area (Å²) in [5.41, 5.74) is 6.49. The molecule has 0 spiro atoms. The summed E-state index contributed by atoms with van der Waals surface area (Å²) in [6.45, 7) is 4.20. The summed E-state index contributed by atoms with van der Waals surface area (Å²) in [4.78, 5) is 5.50. The Hall–Kier alpha value is -1.68. The van der Waals surface area contributed by atoms with E-state index in [1.165, 1.54) is 16.7 Å². The summed E-state index contributed by atoms with van der Waals surface area (Å²) >= 11 is 1.55. The number of aromatic nitrogens is 3. The zero-order valence-corrected chi connectivity index (χ0v) is 9.95. The van der Waals surface area contributed by atoms with Crippen molar-refractivity contribution in [1.82, 2.24) is 14.6 Å². The van der Waals surface area contributed by atoms with Gasteiger partial charge in [-0.1, -0.05) is 29.0 Å². The Morgan fingerprint density at radius 1 is 1.25 bits per heavy atom. The second-order valence-corrected chi connectivity index (χ2v) is 4.72. The van der Waals surface area contributed by atoms with Crippen LogP contribution in [0.3, 0.4) is 0 Å². The number of benzene rings is 1. The summed E-state index contributed by atoms with van der Waals surface area (Å²) in [7, 11) is 0. The number of nitrogens with zero attached hydrogens (tertiary/aromatic N) is 3. The molecule has 2 heterocycles. The van der Waals surface area contributed by atoms with E-state index in [-0.39, 0.29) is 0 Å². The quantitative estimate of drug-likeness (QED) is 0.642. The van der Waals surface area contributed by atoms with E-state index in [9.17, 15) is 0 Å². The van der Waals surface area contributed by atoms with Gasteiger partial charge in [0.25, 0.3) is 0 Å². The standard InChI is InChI=1S/C12H11N3S/c1-8-3-4-9(2)10(5-8)11-6-15-12(14-11)16-7-13-15/h3-7H,1-2H3. The number of hydrogen-bond acceptors (Lipinski definition) is 3. The van der Waals surface area contributed by atoms with Crippen molar-refractivity contribution in [2.24, 2.45) is 0 Å². The third-order valence-corrected chi connectivity index (χ3v) is 3.34. The maximum Gasteiger partial charge on any atom is 0.212 e. The lowest BCUT2D eigenvalue weighted by molar-refractivity contribution is 0.974. The van der Waals surface area contributed by atoms with Crippen LogP contribution in [0, 0.1) is 13.8 Å². The van der Waals surface area contributed by atoms with Gasteiger partial charge in [-0.25, -0.2) is 9.50 Å². The normalized spacial score (nSPS) is 11.1. The first kappa shape index (κ1) is 9.54. The minimum absolute atomic E-state index is 0.941. The van der Waals surface area contributed by atoms with Gasteiger partial charge in [0.1, 0.15) is 5.51 Å². The van der Waals surface area contributed by atoms with Crippen molar-refractivity contribution >= 4 is 16.3 Å². The van der Waals surface area contributed by atoms with Gasteiger partial charge in [-0.05, 0) is 25.5 Å². The van der Waals surface area contributed by atoms with E-state index in [1.54, 1.807) is 16.8 Å². The van der Waals surface area contributed by atoms with E-state index in [4.69, 9.17) is 0 Å². The van der Waals surface area contributed by atoms with Crippen molar-refractivity contribution < 1.29 is 0 Å². The molecular formula is C12H11N3S. The maximum atomic E-state index is 4.56. The molecule has 0 bridgehead atoms. The zero-order chi connectivity index (χ0) is 11.1. The van der Waals surface area contributed by atoms with Crippen LogP contribution in [0.4, 0.5) is 0 Å². The van der Waals surface area contributed by atoms with Crippen molar-refractivity contribution in [2.45, 2.75) is 13.8 Å². The molecule has 2 aromatic heterocycles. The summed E-state index contributed by atoms with van der Waals surface area (Å²) in [5, 5.41) is 4.19. The summed E-state index contributed by atoms with van der Waals surface area (Å²) < 4.78 is 1.82. The van der Waals surface area contributed by atoms with Gasteiger partial charge in [0.15, 0.2) is 0 Å². The molecule has 80 valence electrons. The van der Waals surface area contributed by atoms with E-state index in [1.807, 2.05) is 10.7 Å². The third-order valence-electron chi connectivity index (χ3n) is 2.66. The van der Waals surface area contributed by atoms with Gasteiger partial charge in [0.05, 0.1) is 11.9 Å². The average molecular weight is 229 g/mol. The van der Waals surface area contributed by atoms with E-state index in [0.29, 0.717) is 0 Å². The SMILES string of the molecule is Cc1ccc(C)c(-c2cn3ncsc3n2)c1. The Morgan fingerprint density at radius 2 is 2.12 bits per heavy atom. The van der Waals surface area contributed by atoms with Gasteiger partial charge in [-0.3, -0.25) is 0 Å². The number of fused-ring (bicyclic) bond motifs is 1. The first-order valence-electron chi connectivity index (χ1n) is 5.10. The van der Waals surface area contributed by atoms with Crippen LogP contribution in [0.5, 0.6) is 0 Å². The predicted molar refractivity (Wildman–Crippen MR) is 65.8 cm³/mol. The molecule has 0 aliphatic heterocycles. The maximum absolute atomic E-state index is 4.56. The molecule has 3 aromatic rings. The first-order chi connectivity index (χ1) is 7.74. The van der Waals surface area contributed by atoms with Crippen LogP contribution in [0.2, 0.25) is 0 Å². The highest BCUT2D eigenvalue weighted by molar-refractivity contribution is 7.14. The lowest BCUT2D eigenvalue weighted by atomic mass is 10.0. The van der Waals surface area contributed by atoms with Crippen molar-refractivity contribution in [3.63, 3.8) is 0 Å². The Bertz CT molecular complexity index is 623. The van der Waals surface area contributed by atoms with Crippen LogP contribution in [-0.4, -0.2) is 14.6 Å². The highest BCUT2D eigenvalue weighted by Gasteiger charge is 2.08. The van der Waals surface area contributed by atoms with Crippen LogP contribution in [0.25, 0.3) is 16.2 Å². The smallest absolute Gasteiger partial charge is 0.212 e. The minimum atomic E-state index is 0.941. The molecule has 16 heavy (non-hydrogen) atoms. The molecule has 0 radical (unpaired) electrons. The Kier molecular flexibility index (Phi) is 2.04. The largest absolute Gasteiger partial charge is 0.217 e. The third kappa shape index (κ3) is 1.42. The summed E-state index contributed by atoms with van der Waals surface area (Å²) in [5.74, 6) is 0. The Morgan fingerprint density at radius 3 is 2.94 bits per heavy atom. The monoisotopic (exact) mass is 229 g/mol. The lowest BCUT2D eigenvalue weighted by Crippen LogP contribution is -1.84. The van der Waals surface area contributed by atoms with Gasteiger partial charge in [-0.2, -0.15) is 5.10 Å². The molecule has 0 amide bonds. The van der Waals surface area contributed by atoms with Gasteiger partial charge in [0, 0.05) is 5.56 Å². The molecule has 0 atom stereocenters. The molecule has 3 rings (SSSR count). The fourth-order valence-electron chi connectivity index (χ4n) is 1.78. The molecule has 0 aliphatic carbocycles. The van der Waals surface area contributed by atoms with Crippen LogP contribution in [-0.2, 0) is 0 Å². The summed E-state index contributed by atoms with van der Waals surface area (Å²) in [6.07, 6.45) is 1.98. The Balaban J connectivity index is 2.22. The van der Waals surface area contributed by atoms with Gasteiger partial charge < -0.3 is 0 Å².